The molecule has 0 saturated carbocycles. The fraction of sp³-hybridized carbons (Fsp3) is 0.300. The molecule has 2 rings (SSSR count). The third-order valence-corrected chi connectivity index (χ3v) is 4.78. The number of nitrogens with zero attached hydrogens (tertiary/aromatic N) is 1. The first-order valence-electron chi connectivity index (χ1n) is 8.33. The molecule has 0 saturated heterocycles. The molecule has 0 atom stereocenters. The molecule has 4 nitrogen and oxygen atoms in total. The molecule has 138 valence electrons. The van der Waals surface area contributed by atoms with Crippen LogP contribution in [0.3, 0.4) is 0 Å². The predicted octanol–water partition coefficient (Wildman–Crippen LogP) is 4.64. The Balaban J connectivity index is 2.01. The van der Waals surface area contributed by atoms with Gasteiger partial charge in [-0.3, -0.25) is 9.59 Å². The van der Waals surface area contributed by atoms with Gasteiger partial charge in [0.15, 0.2) is 0 Å². The third kappa shape index (κ3) is 5.48. The second kappa shape index (κ2) is 9.06. The molecule has 0 aliphatic rings. The molecule has 0 spiro atoms. The zero-order chi connectivity index (χ0) is 19.3. The van der Waals surface area contributed by atoms with Gasteiger partial charge in [-0.2, -0.15) is 0 Å². The summed E-state index contributed by atoms with van der Waals surface area (Å²) in [5.74, 6) is -0.383. The zero-order valence-corrected chi connectivity index (χ0v) is 16.6. The van der Waals surface area contributed by atoms with Crippen LogP contribution in [0.25, 0.3) is 0 Å². The third-order valence-electron chi connectivity index (χ3n) is 4.19. The lowest BCUT2D eigenvalue weighted by Crippen LogP contribution is -2.38. The van der Waals surface area contributed by atoms with Crippen LogP contribution in [-0.2, 0) is 16.0 Å². The van der Waals surface area contributed by atoms with Crippen molar-refractivity contribution in [3.05, 3.63) is 63.1 Å². The number of para-hydroxylation sites is 1. The van der Waals surface area contributed by atoms with Gasteiger partial charge in [0, 0.05) is 29.2 Å². The van der Waals surface area contributed by atoms with E-state index in [1.165, 1.54) is 11.8 Å². The van der Waals surface area contributed by atoms with E-state index in [-0.39, 0.29) is 18.4 Å². The maximum absolute atomic E-state index is 12.4. The van der Waals surface area contributed by atoms with E-state index in [4.69, 9.17) is 23.2 Å². The summed E-state index contributed by atoms with van der Waals surface area (Å²) in [6, 6.07) is 11.1. The number of aryl methyl sites for hydroxylation is 2. The minimum atomic E-state index is -0.222. The molecule has 0 bridgehead atoms. The minimum absolute atomic E-state index is 0.00564. The van der Waals surface area contributed by atoms with Gasteiger partial charge in [-0.05, 0) is 49.1 Å². The molecular weight excluding hydrogens is 371 g/mol. The molecule has 2 aromatic carbocycles. The maximum Gasteiger partial charge on any atom is 0.244 e. The number of carbonyl (C=O) groups excluding carboxylic acids is 2. The van der Waals surface area contributed by atoms with E-state index in [1.54, 1.807) is 12.1 Å². The highest BCUT2D eigenvalue weighted by Gasteiger charge is 2.15. The molecular formula is C20H22Cl2N2O2. The number of benzene rings is 2. The van der Waals surface area contributed by atoms with Crippen LogP contribution in [0.1, 0.15) is 23.6 Å². The summed E-state index contributed by atoms with van der Waals surface area (Å²) < 4.78 is 0. The van der Waals surface area contributed by atoms with Crippen LogP contribution in [0.4, 0.5) is 5.69 Å². The predicted molar refractivity (Wildman–Crippen MR) is 107 cm³/mol. The molecule has 0 fully saturated rings. The Morgan fingerprint density at radius 2 is 1.73 bits per heavy atom. The minimum Gasteiger partial charge on any atom is -0.333 e. The van der Waals surface area contributed by atoms with Crippen LogP contribution in [0, 0.1) is 13.8 Å². The normalized spacial score (nSPS) is 10.5. The average molecular weight is 393 g/mol. The fourth-order valence-electron chi connectivity index (χ4n) is 2.69. The fourth-order valence-corrected chi connectivity index (χ4v) is 3.19. The van der Waals surface area contributed by atoms with Crippen LogP contribution in [0.2, 0.25) is 10.0 Å². The van der Waals surface area contributed by atoms with E-state index in [0.717, 1.165) is 22.4 Å². The van der Waals surface area contributed by atoms with Gasteiger partial charge in [-0.25, -0.2) is 0 Å². The molecule has 6 heteroatoms. The summed E-state index contributed by atoms with van der Waals surface area (Å²) in [6.07, 6.45) is 0.548. The second-order valence-corrected chi connectivity index (χ2v) is 7.08. The van der Waals surface area contributed by atoms with E-state index in [1.807, 2.05) is 38.1 Å². The van der Waals surface area contributed by atoms with E-state index in [2.05, 4.69) is 5.32 Å². The summed E-state index contributed by atoms with van der Waals surface area (Å²) in [7, 11) is 0. The molecule has 0 unspecified atom stereocenters. The molecule has 0 aromatic heterocycles. The lowest BCUT2D eigenvalue weighted by atomic mass is 10.1. The van der Waals surface area contributed by atoms with Crippen LogP contribution >= 0.6 is 23.2 Å². The van der Waals surface area contributed by atoms with E-state index in [0.29, 0.717) is 23.0 Å². The lowest BCUT2D eigenvalue weighted by Gasteiger charge is -2.21. The molecule has 0 aliphatic heterocycles. The summed E-state index contributed by atoms with van der Waals surface area (Å²) in [6.45, 7) is 5.72. The summed E-state index contributed by atoms with van der Waals surface area (Å²) in [5, 5.41) is 4.03. The van der Waals surface area contributed by atoms with Gasteiger partial charge in [0.25, 0.3) is 0 Å². The maximum atomic E-state index is 12.4. The number of halogens is 2. The van der Waals surface area contributed by atoms with Gasteiger partial charge >= 0.3 is 0 Å². The Kier molecular flexibility index (Phi) is 7.06. The number of amides is 2. The first kappa shape index (κ1) is 20.3. The largest absolute Gasteiger partial charge is 0.333 e. The van der Waals surface area contributed by atoms with Crippen molar-refractivity contribution in [1.82, 2.24) is 4.90 Å². The lowest BCUT2D eigenvalue weighted by molar-refractivity contribution is -0.132. The monoisotopic (exact) mass is 392 g/mol. The van der Waals surface area contributed by atoms with Crippen molar-refractivity contribution < 1.29 is 9.59 Å². The van der Waals surface area contributed by atoms with Crippen molar-refractivity contribution in [1.29, 1.82) is 0 Å². The van der Waals surface area contributed by atoms with Gasteiger partial charge < -0.3 is 10.2 Å². The Hall–Kier alpha value is -2.04. The van der Waals surface area contributed by atoms with E-state index >= 15 is 0 Å². The van der Waals surface area contributed by atoms with E-state index in [9.17, 15) is 9.59 Å². The molecule has 0 radical (unpaired) electrons. The first-order valence-corrected chi connectivity index (χ1v) is 9.09. The highest BCUT2D eigenvalue weighted by Crippen LogP contribution is 2.22. The van der Waals surface area contributed by atoms with Crippen molar-refractivity contribution in [2.45, 2.75) is 27.2 Å². The molecule has 2 aromatic rings. The quantitative estimate of drug-likeness (QED) is 0.777. The number of nitrogens with one attached hydrogen (secondary N) is 1. The molecule has 0 heterocycles. The molecule has 26 heavy (non-hydrogen) atoms. The van der Waals surface area contributed by atoms with Gasteiger partial charge in [0.05, 0.1) is 6.54 Å². The Bertz CT molecular complexity index is 801. The Labute approximate surface area is 164 Å². The van der Waals surface area contributed by atoms with Gasteiger partial charge in [0.1, 0.15) is 0 Å². The van der Waals surface area contributed by atoms with Crippen LogP contribution in [0.15, 0.2) is 36.4 Å². The summed E-state index contributed by atoms with van der Waals surface area (Å²) in [5.41, 5.74) is 3.65. The number of hydrogen-bond donors (Lipinski definition) is 1. The summed E-state index contributed by atoms with van der Waals surface area (Å²) >= 11 is 12.1. The molecule has 1 N–H and O–H groups in total. The van der Waals surface area contributed by atoms with Crippen molar-refractivity contribution in [3.8, 4) is 0 Å². The van der Waals surface area contributed by atoms with Gasteiger partial charge in [-0.15, -0.1) is 0 Å². The Morgan fingerprint density at radius 3 is 2.31 bits per heavy atom. The highest BCUT2D eigenvalue weighted by atomic mass is 35.5. The number of hydrogen-bond acceptors (Lipinski definition) is 2. The van der Waals surface area contributed by atoms with Crippen molar-refractivity contribution in [2.24, 2.45) is 0 Å². The first-order chi connectivity index (χ1) is 12.3. The standard InChI is InChI=1S/C20H22Cl2N2O2/c1-13-5-4-6-14(2)20(13)23-19(26)12-24(15(3)25)10-9-16-7-8-17(21)11-18(16)22/h4-8,11H,9-10,12H2,1-3H3,(H,23,26). The average Bonchev–Trinajstić information content (AvgIpc) is 2.56. The molecule has 2 amide bonds. The number of anilines is 1. The molecule has 0 aliphatic carbocycles. The van der Waals surface area contributed by atoms with E-state index < -0.39 is 0 Å². The summed E-state index contributed by atoms with van der Waals surface area (Å²) in [4.78, 5) is 25.8. The van der Waals surface area contributed by atoms with Crippen LogP contribution < -0.4 is 5.32 Å². The van der Waals surface area contributed by atoms with Gasteiger partial charge in [0.2, 0.25) is 11.8 Å². The smallest absolute Gasteiger partial charge is 0.244 e. The number of rotatable bonds is 6. The Morgan fingerprint density at radius 1 is 1.08 bits per heavy atom. The second-order valence-electron chi connectivity index (χ2n) is 6.24. The van der Waals surface area contributed by atoms with Crippen LogP contribution in [-0.4, -0.2) is 29.8 Å². The SMILES string of the molecule is CC(=O)N(CCc1ccc(Cl)cc1Cl)CC(=O)Nc1c(C)cccc1C. The van der Waals surface area contributed by atoms with Gasteiger partial charge in [-0.1, -0.05) is 47.5 Å². The number of carbonyl (C=O) groups is 2. The van der Waals surface area contributed by atoms with Crippen molar-refractivity contribution in [3.63, 3.8) is 0 Å². The van der Waals surface area contributed by atoms with Crippen molar-refractivity contribution >= 4 is 40.7 Å². The highest BCUT2D eigenvalue weighted by molar-refractivity contribution is 6.35. The van der Waals surface area contributed by atoms with Crippen molar-refractivity contribution in [2.75, 3.05) is 18.4 Å². The zero-order valence-electron chi connectivity index (χ0n) is 15.1. The van der Waals surface area contributed by atoms with Crippen LogP contribution in [0.5, 0.6) is 0 Å². The topological polar surface area (TPSA) is 49.4 Å².